The second kappa shape index (κ2) is 11.8. The van der Waals surface area contributed by atoms with E-state index in [1.165, 1.54) is 32.2 Å². The molecular weight excluding hydrogens is 641 g/mol. The molecule has 0 saturated carbocycles. The van der Waals surface area contributed by atoms with Crippen LogP contribution in [0.5, 0.6) is 17.2 Å². The molecule has 2 aromatic rings. The number of carbonyl (C=O) groups is 4. The van der Waals surface area contributed by atoms with Gasteiger partial charge in [0.1, 0.15) is 29.5 Å². The lowest BCUT2D eigenvalue weighted by Crippen LogP contribution is -2.59. The molecule has 0 radical (unpaired) electrons. The predicted octanol–water partition coefficient (Wildman–Crippen LogP) is 0.848. The van der Waals surface area contributed by atoms with Crippen LogP contribution >= 0.6 is 23.2 Å². The summed E-state index contributed by atoms with van der Waals surface area (Å²) in [6.07, 6.45) is -6.74. The first kappa shape index (κ1) is 33.0. The minimum absolute atomic E-state index is 0.0431. The Balaban J connectivity index is 1.62. The van der Waals surface area contributed by atoms with Crippen LogP contribution in [0.3, 0.4) is 0 Å². The van der Waals surface area contributed by atoms with Crippen LogP contribution in [-0.2, 0) is 25.5 Å². The van der Waals surface area contributed by atoms with Crippen LogP contribution in [0.4, 0.5) is 0 Å². The Kier molecular flexibility index (Phi) is 8.65. The topological polar surface area (TPSA) is 229 Å². The van der Waals surface area contributed by atoms with Gasteiger partial charge in [-0.25, -0.2) is 4.79 Å². The molecule has 16 heteroatoms. The highest BCUT2D eigenvalue weighted by atomic mass is 35.5. The number of hydrogen-bond donors (Lipinski definition) is 7. The Morgan fingerprint density at radius 1 is 1.13 bits per heavy atom. The number of ether oxygens (including phenoxy) is 3. The molecule has 14 nitrogen and oxygen atoms in total. The molecule has 6 atom stereocenters. The Labute approximate surface area is 265 Å². The van der Waals surface area contributed by atoms with E-state index in [1.54, 1.807) is 0 Å². The highest BCUT2D eigenvalue weighted by molar-refractivity contribution is 6.56. The largest absolute Gasteiger partial charge is 0.507 e. The van der Waals surface area contributed by atoms with E-state index in [4.69, 9.17) is 37.4 Å². The molecule has 5 rings (SSSR count). The van der Waals surface area contributed by atoms with Gasteiger partial charge in [-0.1, -0.05) is 35.3 Å². The van der Waals surface area contributed by atoms with Crippen molar-refractivity contribution in [1.82, 2.24) is 5.32 Å². The summed E-state index contributed by atoms with van der Waals surface area (Å²) >= 11 is 11.7. The summed E-state index contributed by atoms with van der Waals surface area (Å²) < 4.78 is 14.6. The number of aliphatic carboxylic acids is 1. The van der Waals surface area contributed by atoms with E-state index in [0.717, 1.165) is 0 Å². The number of ketones is 3. The fraction of sp³-hybridized carbons (Fsp3) is 0.448. The number of alkyl halides is 2. The van der Waals surface area contributed by atoms with Gasteiger partial charge in [-0.15, -0.1) is 0 Å². The van der Waals surface area contributed by atoms with E-state index >= 15 is 0 Å². The number of carboxylic acid groups (broad SMARTS) is 1. The second-order valence-electron chi connectivity index (χ2n) is 11.1. The van der Waals surface area contributed by atoms with Crippen LogP contribution in [-0.4, -0.2) is 102 Å². The summed E-state index contributed by atoms with van der Waals surface area (Å²) in [7, 11) is 1.29. The van der Waals surface area contributed by atoms with Gasteiger partial charge in [0.15, 0.2) is 17.9 Å². The lowest BCUT2D eigenvalue weighted by molar-refractivity contribution is -0.250. The van der Waals surface area contributed by atoms with Crippen LogP contribution in [0.25, 0.3) is 0 Å². The fourth-order valence-corrected chi connectivity index (χ4v) is 6.43. The third kappa shape index (κ3) is 5.44. The number of halogens is 2. The minimum Gasteiger partial charge on any atom is -0.507 e. The van der Waals surface area contributed by atoms with Gasteiger partial charge in [0.05, 0.1) is 42.1 Å². The third-order valence-electron chi connectivity index (χ3n) is 8.40. The molecule has 4 unspecified atom stereocenters. The number of nitrogens with one attached hydrogen (secondary N) is 1. The summed E-state index contributed by atoms with van der Waals surface area (Å²) in [5.41, 5.74) is -4.25. The van der Waals surface area contributed by atoms with Gasteiger partial charge >= 0.3 is 5.97 Å². The first-order valence-corrected chi connectivity index (χ1v) is 14.4. The van der Waals surface area contributed by atoms with Gasteiger partial charge in [0.2, 0.25) is 5.78 Å². The van der Waals surface area contributed by atoms with Gasteiger partial charge in [-0.2, -0.15) is 0 Å². The number of aliphatic hydroxyl groups excluding tert-OH is 2. The molecule has 0 bridgehead atoms. The molecule has 0 amide bonds. The number of Topliss-reactive ketones (excluding diaryl/α,β-unsaturated/α-hetero) is 1. The minimum atomic E-state index is -2.51. The van der Waals surface area contributed by atoms with Gasteiger partial charge in [0.25, 0.3) is 4.46 Å². The molecule has 7 N–H and O–H groups in total. The lowest BCUT2D eigenvalue weighted by Gasteiger charge is -2.43. The smallest absolute Gasteiger partial charge is 0.355 e. The molecular formula is C29H29Cl2NO13. The van der Waals surface area contributed by atoms with Crippen molar-refractivity contribution in [2.24, 2.45) is 0 Å². The zero-order chi connectivity index (χ0) is 33.2. The summed E-state index contributed by atoms with van der Waals surface area (Å²) in [4.78, 5) is 51.6. The zero-order valence-electron chi connectivity index (χ0n) is 23.7. The maximum atomic E-state index is 13.8. The van der Waals surface area contributed by atoms with Gasteiger partial charge in [0, 0.05) is 42.0 Å². The molecule has 2 aliphatic carbocycles. The first-order valence-electron chi connectivity index (χ1n) is 13.7. The number of fused-ring (bicyclic) bond motifs is 3. The van der Waals surface area contributed by atoms with Crippen molar-refractivity contribution in [3.05, 3.63) is 51.6 Å². The number of rotatable bonds is 8. The average molecular weight is 670 g/mol. The molecule has 242 valence electrons. The van der Waals surface area contributed by atoms with Crippen molar-refractivity contribution in [3.63, 3.8) is 0 Å². The summed E-state index contributed by atoms with van der Waals surface area (Å²) in [5.74, 6) is -5.88. The second-order valence-corrected chi connectivity index (χ2v) is 12.5. The monoisotopic (exact) mass is 669 g/mol. The standard InChI is InChI=1S/C29H29Cl2NO13/c1-10-22(35)13(32-29(30,31)27(40)41)6-17(44-10)45-15-8-28(42,16(34)9-33)7-12-19(15)26(39)21-20(24(12)37)23(36)11-4-3-5-14(43-2)18(11)25(21)38/h3-5,10,13,15,17,22,32-33,35,37,39,42H,6-9H2,1-2H3,(H,40,41)/t10?,13?,15-,17?,22?,28-/m0/s1. The van der Waals surface area contributed by atoms with E-state index < -0.39 is 106 Å². The number of aliphatic hydroxyl groups is 3. The highest BCUT2D eigenvalue weighted by Crippen LogP contribution is 2.52. The van der Waals surface area contributed by atoms with E-state index in [2.05, 4.69) is 5.32 Å². The zero-order valence-corrected chi connectivity index (χ0v) is 25.3. The van der Waals surface area contributed by atoms with Crippen molar-refractivity contribution in [3.8, 4) is 17.2 Å². The molecule has 0 aromatic heterocycles. The molecule has 1 aliphatic heterocycles. The van der Waals surface area contributed by atoms with Crippen LogP contribution in [0, 0.1) is 0 Å². The molecule has 1 fully saturated rings. The molecule has 45 heavy (non-hydrogen) atoms. The molecule has 2 aromatic carbocycles. The summed E-state index contributed by atoms with van der Waals surface area (Å²) in [6.45, 7) is 0.341. The van der Waals surface area contributed by atoms with Crippen molar-refractivity contribution < 1.29 is 64.0 Å². The number of phenols is 2. The SMILES string of the molecule is COc1cccc2c1C(=O)c1c(O)c3c(c(O)c1C2=O)C[C@@](O)(C(=O)CO)C[C@@H]3OC1CC(NC(Cl)(Cl)C(=O)O)C(O)C(C)O1. The van der Waals surface area contributed by atoms with Crippen LogP contribution in [0.2, 0.25) is 0 Å². The Morgan fingerprint density at radius 2 is 1.80 bits per heavy atom. The number of hydrogen-bond acceptors (Lipinski definition) is 13. The van der Waals surface area contributed by atoms with Crippen molar-refractivity contribution in [1.29, 1.82) is 0 Å². The summed E-state index contributed by atoms with van der Waals surface area (Å²) in [6, 6.07) is 3.12. The lowest BCUT2D eigenvalue weighted by atomic mass is 9.72. The van der Waals surface area contributed by atoms with Crippen LogP contribution < -0.4 is 10.1 Å². The van der Waals surface area contributed by atoms with Gasteiger partial charge in [-0.3, -0.25) is 19.7 Å². The molecule has 1 saturated heterocycles. The molecule has 3 aliphatic rings. The molecule has 0 spiro atoms. The van der Waals surface area contributed by atoms with E-state index in [-0.39, 0.29) is 34.4 Å². The Bertz CT molecular complexity index is 1610. The number of methoxy groups -OCH3 is 1. The summed E-state index contributed by atoms with van der Waals surface area (Å²) in [5, 5.41) is 66.3. The quantitative estimate of drug-likeness (QED) is 0.100. The van der Waals surface area contributed by atoms with Gasteiger partial charge in [-0.05, 0) is 13.0 Å². The van der Waals surface area contributed by atoms with E-state index in [0.29, 0.717) is 0 Å². The number of carboxylic acids is 1. The number of benzene rings is 2. The highest BCUT2D eigenvalue weighted by Gasteiger charge is 2.51. The fourth-order valence-electron chi connectivity index (χ4n) is 6.15. The third-order valence-corrected chi connectivity index (χ3v) is 8.94. The number of carbonyl (C=O) groups excluding carboxylic acids is 3. The van der Waals surface area contributed by atoms with Crippen LogP contribution in [0.15, 0.2) is 18.2 Å². The number of aromatic hydroxyl groups is 2. The maximum absolute atomic E-state index is 13.8. The van der Waals surface area contributed by atoms with E-state index in [9.17, 15) is 49.8 Å². The predicted molar refractivity (Wildman–Crippen MR) is 153 cm³/mol. The van der Waals surface area contributed by atoms with Crippen LogP contribution in [0.1, 0.15) is 68.8 Å². The van der Waals surface area contributed by atoms with Gasteiger partial charge < -0.3 is 44.8 Å². The normalized spacial score (nSPS) is 27.8. The molecule has 1 heterocycles. The Morgan fingerprint density at radius 3 is 2.42 bits per heavy atom. The van der Waals surface area contributed by atoms with Crippen molar-refractivity contribution in [2.45, 2.75) is 66.9 Å². The Hall–Kier alpha value is -3.34. The van der Waals surface area contributed by atoms with E-state index in [1.807, 2.05) is 0 Å². The number of phenolic OH excluding ortho intramolecular Hbond substituents is 2. The maximum Gasteiger partial charge on any atom is 0.355 e. The van der Waals surface area contributed by atoms with Crippen molar-refractivity contribution in [2.75, 3.05) is 13.7 Å². The van der Waals surface area contributed by atoms with Crippen molar-refractivity contribution >= 4 is 46.5 Å². The average Bonchev–Trinajstić information content (AvgIpc) is 2.98. The first-order chi connectivity index (χ1) is 21.1.